The highest BCUT2D eigenvalue weighted by atomic mass is 35.5. The van der Waals surface area contributed by atoms with E-state index in [1.54, 1.807) is 38.3 Å². The standard InChI is InChI=1S/C23H27ClN2O3/c1-16(25-22(27)20-5-3-4-6-21(20)24)23(28)26-13-11-18(12-14-26)15-17-7-9-19(29-2)10-8-17/h3-10,16,18H,11-15H2,1-2H3,(H,25,27). The van der Waals surface area contributed by atoms with Crippen molar-refractivity contribution >= 4 is 23.4 Å². The molecule has 1 aliphatic rings. The van der Waals surface area contributed by atoms with Crippen molar-refractivity contribution in [3.05, 3.63) is 64.7 Å². The number of carbonyl (C=O) groups is 2. The number of rotatable bonds is 6. The lowest BCUT2D eigenvalue weighted by molar-refractivity contribution is -0.134. The fourth-order valence-electron chi connectivity index (χ4n) is 3.71. The highest BCUT2D eigenvalue weighted by Crippen LogP contribution is 2.23. The summed E-state index contributed by atoms with van der Waals surface area (Å²) in [6, 6.07) is 14.4. The van der Waals surface area contributed by atoms with Gasteiger partial charge in [-0.05, 0) is 61.9 Å². The predicted molar refractivity (Wildman–Crippen MR) is 114 cm³/mol. The van der Waals surface area contributed by atoms with E-state index in [0.29, 0.717) is 29.6 Å². The Hall–Kier alpha value is -2.53. The Morgan fingerprint density at radius 1 is 1.14 bits per heavy atom. The zero-order valence-corrected chi connectivity index (χ0v) is 17.6. The van der Waals surface area contributed by atoms with Gasteiger partial charge in [0.1, 0.15) is 11.8 Å². The fraction of sp³-hybridized carbons (Fsp3) is 0.391. The van der Waals surface area contributed by atoms with Gasteiger partial charge in [-0.1, -0.05) is 35.9 Å². The molecule has 0 aromatic heterocycles. The van der Waals surface area contributed by atoms with Gasteiger partial charge in [0.05, 0.1) is 17.7 Å². The molecule has 2 amide bonds. The molecule has 1 heterocycles. The first-order chi connectivity index (χ1) is 14.0. The zero-order chi connectivity index (χ0) is 20.8. The molecule has 29 heavy (non-hydrogen) atoms. The maximum Gasteiger partial charge on any atom is 0.253 e. The molecular formula is C23H27ClN2O3. The average molecular weight is 415 g/mol. The van der Waals surface area contributed by atoms with Crippen molar-refractivity contribution < 1.29 is 14.3 Å². The molecule has 1 N–H and O–H groups in total. The Balaban J connectivity index is 1.48. The minimum absolute atomic E-state index is 0.0479. The molecule has 0 saturated carbocycles. The van der Waals surface area contributed by atoms with Crippen LogP contribution in [0.4, 0.5) is 0 Å². The van der Waals surface area contributed by atoms with E-state index in [0.717, 1.165) is 25.0 Å². The third-order valence-corrected chi connectivity index (χ3v) is 5.78. The van der Waals surface area contributed by atoms with Gasteiger partial charge >= 0.3 is 0 Å². The lowest BCUT2D eigenvalue weighted by Crippen LogP contribution is -2.49. The number of methoxy groups -OCH3 is 1. The Bertz CT molecular complexity index is 845. The maximum atomic E-state index is 12.7. The van der Waals surface area contributed by atoms with Gasteiger partial charge < -0.3 is 15.0 Å². The lowest BCUT2D eigenvalue weighted by Gasteiger charge is -2.33. The van der Waals surface area contributed by atoms with E-state index in [1.165, 1.54) is 5.56 Å². The normalized spacial score (nSPS) is 15.6. The Labute approximate surface area is 177 Å². The van der Waals surface area contributed by atoms with Gasteiger partial charge in [0.25, 0.3) is 5.91 Å². The van der Waals surface area contributed by atoms with Gasteiger partial charge in [-0.2, -0.15) is 0 Å². The monoisotopic (exact) mass is 414 g/mol. The number of nitrogens with one attached hydrogen (secondary N) is 1. The van der Waals surface area contributed by atoms with Crippen molar-refractivity contribution in [2.45, 2.75) is 32.2 Å². The molecule has 1 saturated heterocycles. The van der Waals surface area contributed by atoms with E-state index in [4.69, 9.17) is 16.3 Å². The van der Waals surface area contributed by atoms with E-state index in [9.17, 15) is 9.59 Å². The molecule has 1 atom stereocenters. The van der Waals surface area contributed by atoms with Crippen molar-refractivity contribution in [2.24, 2.45) is 5.92 Å². The number of carbonyl (C=O) groups excluding carboxylic acids is 2. The predicted octanol–water partition coefficient (Wildman–Crippen LogP) is 3.95. The molecular weight excluding hydrogens is 388 g/mol. The summed E-state index contributed by atoms with van der Waals surface area (Å²) < 4.78 is 5.20. The van der Waals surface area contributed by atoms with Crippen LogP contribution in [0.15, 0.2) is 48.5 Å². The SMILES string of the molecule is COc1ccc(CC2CCN(C(=O)C(C)NC(=O)c3ccccc3Cl)CC2)cc1. The second-order valence-electron chi connectivity index (χ2n) is 7.50. The number of likely N-dealkylation sites (tertiary alicyclic amines) is 1. The van der Waals surface area contributed by atoms with Crippen LogP contribution in [0.2, 0.25) is 5.02 Å². The minimum atomic E-state index is -0.586. The lowest BCUT2D eigenvalue weighted by atomic mass is 9.90. The van der Waals surface area contributed by atoms with Crippen molar-refractivity contribution in [3.63, 3.8) is 0 Å². The second kappa shape index (κ2) is 9.79. The smallest absolute Gasteiger partial charge is 0.253 e. The summed E-state index contributed by atoms with van der Waals surface area (Å²) >= 11 is 6.07. The van der Waals surface area contributed by atoms with Crippen molar-refractivity contribution in [3.8, 4) is 5.75 Å². The number of ether oxygens (including phenoxy) is 1. The van der Waals surface area contributed by atoms with E-state index < -0.39 is 6.04 Å². The van der Waals surface area contributed by atoms with E-state index >= 15 is 0 Å². The molecule has 5 nitrogen and oxygen atoms in total. The molecule has 154 valence electrons. The van der Waals surface area contributed by atoms with E-state index in [1.807, 2.05) is 17.0 Å². The van der Waals surface area contributed by atoms with Gasteiger partial charge in [0, 0.05) is 13.1 Å². The molecule has 0 aliphatic carbocycles. The molecule has 0 spiro atoms. The summed E-state index contributed by atoms with van der Waals surface area (Å²) in [5.74, 6) is 1.04. The van der Waals surface area contributed by atoms with Crippen LogP contribution >= 0.6 is 11.6 Å². The third-order valence-electron chi connectivity index (χ3n) is 5.45. The fourth-order valence-corrected chi connectivity index (χ4v) is 3.93. The topological polar surface area (TPSA) is 58.6 Å². The highest BCUT2D eigenvalue weighted by molar-refractivity contribution is 6.33. The van der Waals surface area contributed by atoms with Gasteiger partial charge in [-0.15, -0.1) is 0 Å². The largest absolute Gasteiger partial charge is 0.497 e. The van der Waals surface area contributed by atoms with Crippen molar-refractivity contribution in [1.29, 1.82) is 0 Å². The van der Waals surface area contributed by atoms with Crippen LogP contribution in [0.3, 0.4) is 0 Å². The number of hydrogen-bond acceptors (Lipinski definition) is 3. The van der Waals surface area contributed by atoms with Crippen LogP contribution in [0, 0.1) is 5.92 Å². The van der Waals surface area contributed by atoms with Gasteiger partial charge in [0.15, 0.2) is 0 Å². The van der Waals surface area contributed by atoms with E-state index in [-0.39, 0.29) is 11.8 Å². The highest BCUT2D eigenvalue weighted by Gasteiger charge is 2.27. The van der Waals surface area contributed by atoms with Crippen LogP contribution in [0.25, 0.3) is 0 Å². The summed E-state index contributed by atoms with van der Waals surface area (Å²) in [4.78, 5) is 27.0. The molecule has 2 aromatic carbocycles. The number of hydrogen-bond donors (Lipinski definition) is 1. The first-order valence-electron chi connectivity index (χ1n) is 9.95. The molecule has 1 unspecified atom stereocenters. The maximum absolute atomic E-state index is 12.7. The van der Waals surface area contributed by atoms with Gasteiger partial charge in [0.2, 0.25) is 5.91 Å². The average Bonchev–Trinajstić information content (AvgIpc) is 2.74. The number of nitrogens with zero attached hydrogens (tertiary/aromatic N) is 1. The number of piperidine rings is 1. The minimum Gasteiger partial charge on any atom is -0.497 e. The molecule has 1 fully saturated rings. The molecule has 0 bridgehead atoms. The van der Waals surface area contributed by atoms with Gasteiger partial charge in [-0.25, -0.2) is 0 Å². The number of amides is 2. The van der Waals surface area contributed by atoms with Gasteiger partial charge in [-0.3, -0.25) is 9.59 Å². The zero-order valence-electron chi connectivity index (χ0n) is 16.9. The van der Waals surface area contributed by atoms with Crippen LogP contribution in [0.5, 0.6) is 5.75 Å². The van der Waals surface area contributed by atoms with Crippen molar-refractivity contribution in [1.82, 2.24) is 10.2 Å². The van der Waals surface area contributed by atoms with Crippen LogP contribution < -0.4 is 10.1 Å². The summed E-state index contributed by atoms with van der Waals surface area (Å²) in [5.41, 5.74) is 1.67. The molecule has 1 aliphatic heterocycles. The van der Waals surface area contributed by atoms with Crippen LogP contribution in [-0.2, 0) is 11.2 Å². The molecule has 0 radical (unpaired) electrons. The van der Waals surface area contributed by atoms with Crippen LogP contribution in [-0.4, -0.2) is 43.0 Å². The Kier molecular flexibility index (Phi) is 7.15. The second-order valence-corrected chi connectivity index (χ2v) is 7.90. The summed E-state index contributed by atoms with van der Waals surface area (Å²) in [6.07, 6.45) is 2.93. The molecule has 6 heteroatoms. The van der Waals surface area contributed by atoms with Crippen molar-refractivity contribution in [2.75, 3.05) is 20.2 Å². The summed E-state index contributed by atoms with van der Waals surface area (Å²) in [6.45, 7) is 3.15. The van der Waals surface area contributed by atoms with Crippen LogP contribution in [0.1, 0.15) is 35.7 Å². The number of benzene rings is 2. The first-order valence-corrected chi connectivity index (χ1v) is 10.3. The summed E-state index contributed by atoms with van der Waals surface area (Å²) in [7, 11) is 1.67. The van der Waals surface area contributed by atoms with E-state index in [2.05, 4.69) is 17.4 Å². The number of halogens is 1. The Morgan fingerprint density at radius 3 is 2.41 bits per heavy atom. The Morgan fingerprint density at radius 2 is 1.79 bits per heavy atom. The third kappa shape index (κ3) is 5.51. The summed E-state index contributed by atoms with van der Waals surface area (Å²) in [5, 5.41) is 3.15. The first kappa shape index (κ1) is 21.2. The molecule has 3 rings (SSSR count). The quantitative estimate of drug-likeness (QED) is 0.778. The molecule has 2 aromatic rings.